The Kier molecular flexibility index (Phi) is 4.25. The van der Waals surface area contributed by atoms with Gasteiger partial charge in [-0.25, -0.2) is 4.79 Å². The molecule has 0 aliphatic rings. The Balaban J connectivity index is 3.29. The van der Waals surface area contributed by atoms with Crippen LogP contribution in [0.25, 0.3) is 0 Å². The number of carbonyl (C=O) groups excluding carboxylic acids is 1. The first-order chi connectivity index (χ1) is 8.32. The van der Waals surface area contributed by atoms with Gasteiger partial charge < -0.3 is 15.7 Å². The maximum absolute atomic E-state index is 11.2. The molecule has 0 atom stereocenters. The second-order valence-corrected chi connectivity index (χ2v) is 4.34. The SMILES string of the molecule is Cc1cc(N(CC(N)=O)C(C)C)c(C(=O)O)cn1. The van der Waals surface area contributed by atoms with E-state index in [-0.39, 0.29) is 18.2 Å². The highest BCUT2D eigenvalue weighted by atomic mass is 16.4. The number of nitrogens with zero attached hydrogens (tertiary/aromatic N) is 2. The molecule has 0 spiro atoms. The van der Waals surface area contributed by atoms with E-state index in [2.05, 4.69) is 4.98 Å². The van der Waals surface area contributed by atoms with Gasteiger partial charge in [0, 0.05) is 17.9 Å². The van der Waals surface area contributed by atoms with Crippen LogP contribution in [0.15, 0.2) is 12.3 Å². The van der Waals surface area contributed by atoms with Crippen molar-refractivity contribution in [2.24, 2.45) is 5.73 Å². The molecular weight excluding hydrogens is 234 g/mol. The normalized spacial score (nSPS) is 10.4. The molecule has 0 fully saturated rings. The number of anilines is 1. The van der Waals surface area contributed by atoms with Gasteiger partial charge in [-0.05, 0) is 26.8 Å². The maximum Gasteiger partial charge on any atom is 0.339 e. The fraction of sp³-hybridized carbons (Fsp3) is 0.417. The second kappa shape index (κ2) is 5.48. The standard InChI is InChI=1S/C12H17N3O3/c1-7(2)15(6-11(13)16)10-4-8(3)14-5-9(10)12(17)18/h4-5,7H,6H2,1-3H3,(H2,13,16)(H,17,18). The molecule has 0 aromatic carbocycles. The van der Waals surface area contributed by atoms with Gasteiger partial charge in [0.1, 0.15) is 5.56 Å². The molecule has 0 unspecified atom stereocenters. The zero-order chi connectivity index (χ0) is 13.9. The largest absolute Gasteiger partial charge is 0.478 e. The number of pyridine rings is 1. The van der Waals surface area contributed by atoms with Gasteiger partial charge in [-0.3, -0.25) is 9.78 Å². The summed E-state index contributed by atoms with van der Waals surface area (Å²) in [5.41, 5.74) is 6.40. The molecule has 1 heterocycles. The van der Waals surface area contributed by atoms with E-state index in [0.717, 1.165) is 0 Å². The van der Waals surface area contributed by atoms with E-state index in [0.29, 0.717) is 11.4 Å². The van der Waals surface area contributed by atoms with Crippen molar-refractivity contribution in [2.45, 2.75) is 26.8 Å². The topological polar surface area (TPSA) is 96.5 Å². The Morgan fingerprint density at radius 2 is 2.11 bits per heavy atom. The molecule has 0 aliphatic heterocycles. The highest BCUT2D eigenvalue weighted by Crippen LogP contribution is 2.22. The van der Waals surface area contributed by atoms with Crippen LogP contribution < -0.4 is 10.6 Å². The number of hydrogen-bond donors (Lipinski definition) is 2. The Bertz CT molecular complexity index is 472. The van der Waals surface area contributed by atoms with Gasteiger partial charge in [-0.2, -0.15) is 0 Å². The third-order valence-corrected chi connectivity index (χ3v) is 2.51. The van der Waals surface area contributed by atoms with Crippen molar-refractivity contribution in [3.63, 3.8) is 0 Å². The second-order valence-electron chi connectivity index (χ2n) is 4.34. The molecule has 6 heteroatoms. The van der Waals surface area contributed by atoms with Crippen LogP contribution >= 0.6 is 0 Å². The molecule has 18 heavy (non-hydrogen) atoms. The number of carboxylic acids is 1. The Morgan fingerprint density at radius 1 is 1.50 bits per heavy atom. The van der Waals surface area contributed by atoms with E-state index in [9.17, 15) is 9.59 Å². The molecule has 0 saturated carbocycles. The van der Waals surface area contributed by atoms with E-state index < -0.39 is 11.9 Å². The maximum atomic E-state index is 11.2. The summed E-state index contributed by atoms with van der Waals surface area (Å²) in [6.07, 6.45) is 1.30. The zero-order valence-electron chi connectivity index (χ0n) is 10.7. The van der Waals surface area contributed by atoms with Crippen LogP contribution in [-0.4, -0.2) is 34.6 Å². The first kappa shape index (κ1) is 14.0. The molecule has 0 aliphatic carbocycles. The van der Waals surface area contributed by atoms with Crippen LogP contribution in [0, 0.1) is 6.92 Å². The van der Waals surface area contributed by atoms with Gasteiger partial charge in [0.05, 0.1) is 12.2 Å². The number of primary amides is 1. The van der Waals surface area contributed by atoms with Crippen LogP contribution in [0.2, 0.25) is 0 Å². The van der Waals surface area contributed by atoms with Crippen LogP contribution in [-0.2, 0) is 4.79 Å². The Hall–Kier alpha value is -2.11. The lowest BCUT2D eigenvalue weighted by Gasteiger charge is -2.28. The third kappa shape index (κ3) is 3.19. The number of aromatic nitrogens is 1. The van der Waals surface area contributed by atoms with Crippen LogP contribution in [0.4, 0.5) is 5.69 Å². The molecule has 1 amide bonds. The van der Waals surface area contributed by atoms with E-state index in [4.69, 9.17) is 10.8 Å². The summed E-state index contributed by atoms with van der Waals surface area (Å²) in [6, 6.07) is 1.60. The van der Waals surface area contributed by atoms with E-state index >= 15 is 0 Å². The molecule has 0 radical (unpaired) electrons. The number of carbonyl (C=O) groups is 2. The van der Waals surface area contributed by atoms with Crippen molar-refractivity contribution < 1.29 is 14.7 Å². The molecule has 0 saturated heterocycles. The number of nitrogens with two attached hydrogens (primary N) is 1. The predicted molar refractivity (Wildman–Crippen MR) is 67.6 cm³/mol. The summed E-state index contributed by atoms with van der Waals surface area (Å²) in [7, 11) is 0. The van der Waals surface area contributed by atoms with Crippen molar-refractivity contribution >= 4 is 17.6 Å². The molecule has 3 N–H and O–H groups in total. The fourth-order valence-electron chi connectivity index (χ4n) is 1.66. The van der Waals surface area contributed by atoms with Crippen LogP contribution in [0.3, 0.4) is 0 Å². The van der Waals surface area contributed by atoms with Crippen molar-refractivity contribution in [2.75, 3.05) is 11.4 Å². The number of aryl methyl sites for hydroxylation is 1. The highest BCUT2D eigenvalue weighted by Gasteiger charge is 2.20. The summed E-state index contributed by atoms with van der Waals surface area (Å²) < 4.78 is 0. The first-order valence-corrected chi connectivity index (χ1v) is 5.57. The molecular formula is C12H17N3O3. The zero-order valence-corrected chi connectivity index (χ0v) is 10.7. The summed E-state index contributed by atoms with van der Waals surface area (Å²) in [5.74, 6) is -1.58. The van der Waals surface area contributed by atoms with Crippen molar-refractivity contribution in [3.05, 3.63) is 23.5 Å². The van der Waals surface area contributed by atoms with Crippen molar-refractivity contribution in [1.82, 2.24) is 4.98 Å². The molecule has 1 aromatic heterocycles. The lowest BCUT2D eigenvalue weighted by atomic mass is 10.1. The highest BCUT2D eigenvalue weighted by molar-refractivity contribution is 5.95. The van der Waals surface area contributed by atoms with E-state index in [1.165, 1.54) is 6.20 Å². The van der Waals surface area contributed by atoms with Crippen LogP contribution in [0.1, 0.15) is 29.9 Å². The Labute approximate surface area is 105 Å². The van der Waals surface area contributed by atoms with Gasteiger partial charge in [-0.1, -0.05) is 0 Å². The van der Waals surface area contributed by atoms with Gasteiger partial charge in [0.15, 0.2) is 0 Å². The average Bonchev–Trinajstić information content (AvgIpc) is 2.24. The molecule has 0 bridgehead atoms. The summed E-state index contributed by atoms with van der Waals surface area (Å²) in [4.78, 5) is 27.8. The lowest BCUT2D eigenvalue weighted by Crippen LogP contribution is -2.39. The monoisotopic (exact) mass is 251 g/mol. The molecule has 98 valence electrons. The Morgan fingerprint density at radius 3 is 2.56 bits per heavy atom. The van der Waals surface area contributed by atoms with Gasteiger partial charge in [0.2, 0.25) is 5.91 Å². The summed E-state index contributed by atoms with van der Waals surface area (Å²) in [5, 5.41) is 9.14. The molecule has 6 nitrogen and oxygen atoms in total. The first-order valence-electron chi connectivity index (χ1n) is 5.57. The third-order valence-electron chi connectivity index (χ3n) is 2.51. The number of amides is 1. The number of hydrogen-bond acceptors (Lipinski definition) is 4. The molecule has 1 aromatic rings. The van der Waals surface area contributed by atoms with E-state index in [1.807, 2.05) is 13.8 Å². The fourth-order valence-corrected chi connectivity index (χ4v) is 1.66. The number of aromatic carboxylic acids is 1. The summed E-state index contributed by atoms with van der Waals surface area (Å²) >= 11 is 0. The lowest BCUT2D eigenvalue weighted by molar-refractivity contribution is -0.116. The molecule has 1 rings (SSSR count). The quantitative estimate of drug-likeness (QED) is 0.806. The summed E-state index contributed by atoms with van der Waals surface area (Å²) in [6.45, 7) is 5.47. The van der Waals surface area contributed by atoms with Gasteiger partial charge >= 0.3 is 5.97 Å². The smallest absolute Gasteiger partial charge is 0.339 e. The minimum absolute atomic E-state index is 0.0264. The minimum atomic E-state index is -1.08. The van der Waals surface area contributed by atoms with Crippen LogP contribution in [0.5, 0.6) is 0 Å². The number of carboxylic acid groups (broad SMARTS) is 1. The van der Waals surface area contributed by atoms with Gasteiger partial charge in [0.25, 0.3) is 0 Å². The average molecular weight is 251 g/mol. The van der Waals surface area contributed by atoms with Crippen molar-refractivity contribution in [3.8, 4) is 0 Å². The minimum Gasteiger partial charge on any atom is -0.478 e. The number of rotatable bonds is 5. The van der Waals surface area contributed by atoms with Crippen molar-refractivity contribution in [1.29, 1.82) is 0 Å². The van der Waals surface area contributed by atoms with E-state index in [1.54, 1.807) is 17.9 Å². The predicted octanol–water partition coefficient (Wildman–Crippen LogP) is 0.788. The van der Waals surface area contributed by atoms with Gasteiger partial charge in [-0.15, -0.1) is 0 Å².